The van der Waals surface area contributed by atoms with E-state index in [0.29, 0.717) is 23.5 Å². The maximum atomic E-state index is 12.4. The predicted octanol–water partition coefficient (Wildman–Crippen LogP) is 2.29. The molecule has 1 aliphatic carbocycles. The third-order valence-corrected chi connectivity index (χ3v) is 6.89. The maximum absolute atomic E-state index is 12.4. The van der Waals surface area contributed by atoms with E-state index >= 15 is 0 Å². The Morgan fingerprint density at radius 1 is 1.40 bits per heavy atom. The minimum absolute atomic E-state index is 0.281. The molecule has 1 fully saturated rings. The number of rotatable bonds is 4. The van der Waals surface area contributed by atoms with Crippen LogP contribution in [0.3, 0.4) is 0 Å². The van der Waals surface area contributed by atoms with Crippen molar-refractivity contribution < 1.29 is 18.3 Å². The highest BCUT2D eigenvalue weighted by Gasteiger charge is 2.31. The van der Waals surface area contributed by atoms with Gasteiger partial charge in [0.2, 0.25) is 0 Å². The molecule has 1 aromatic heterocycles. The summed E-state index contributed by atoms with van der Waals surface area (Å²) in [4.78, 5) is 12.0. The number of thiophene rings is 1. The highest BCUT2D eigenvalue weighted by atomic mass is 32.2. The van der Waals surface area contributed by atoms with E-state index in [1.165, 1.54) is 11.3 Å². The highest BCUT2D eigenvalue weighted by molar-refractivity contribution is 7.91. The number of aryl methyl sites for hydroxylation is 2. The summed E-state index contributed by atoms with van der Waals surface area (Å²) in [5.41, 5.74) is 0.741. The van der Waals surface area contributed by atoms with Crippen molar-refractivity contribution in [3.05, 3.63) is 16.5 Å². The SMILES string of the molecule is Cc1cc(C)c(S(=O)(=O)NC2CCCC(C(=O)O)C2)s1. The lowest BCUT2D eigenvalue weighted by Crippen LogP contribution is -2.39. The molecule has 1 aromatic rings. The van der Waals surface area contributed by atoms with Crippen molar-refractivity contribution in [2.45, 2.75) is 49.8 Å². The molecule has 112 valence electrons. The maximum Gasteiger partial charge on any atom is 0.306 e. The van der Waals surface area contributed by atoms with Gasteiger partial charge in [0, 0.05) is 10.9 Å². The standard InChI is InChI=1S/C13H19NO4S2/c1-8-6-9(2)19-13(8)20(17,18)14-11-5-3-4-10(7-11)12(15)16/h6,10-11,14H,3-5,7H2,1-2H3,(H,15,16). The van der Waals surface area contributed by atoms with E-state index in [1.54, 1.807) is 6.92 Å². The first kappa shape index (κ1) is 15.5. The topological polar surface area (TPSA) is 83.5 Å². The molecule has 0 amide bonds. The van der Waals surface area contributed by atoms with Gasteiger partial charge < -0.3 is 5.11 Å². The molecule has 5 nitrogen and oxygen atoms in total. The van der Waals surface area contributed by atoms with Crippen LogP contribution in [-0.4, -0.2) is 25.5 Å². The van der Waals surface area contributed by atoms with Gasteiger partial charge >= 0.3 is 5.97 Å². The molecule has 7 heteroatoms. The zero-order valence-electron chi connectivity index (χ0n) is 11.5. The number of hydrogen-bond acceptors (Lipinski definition) is 4. The molecule has 2 rings (SSSR count). The zero-order valence-corrected chi connectivity index (χ0v) is 13.2. The zero-order chi connectivity index (χ0) is 14.9. The van der Waals surface area contributed by atoms with Gasteiger partial charge in [0.1, 0.15) is 4.21 Å². The van der Waals surface area contributed by atoms with Crippen LogP contribution < -0.4 is 4.72 Å². The van der Waals surface area contributed by atoms with Crippen LogP contribution >= 0.6 is 11.3 Å². The molecule has 2 unspecified atom stereocenters. The number of nitrogens with one attached hydrogen (secondary N) is 1. The van der Waals surface area contributed by atoms with Crippen LogP contribution in [0.15, 0.2) is 10.3 Å². The van der Waals surface area contributed by atoms with Gasteiger partial charge in [-0.2, -0.15) is 0 Å². The van der Waals surface area contributed by atoms with Gasteiger partial charge in [-0.15, -0.1) is 11.3 Å². The Labute approximate surface area is 123 Å². The third kappa shape index (κ3) is 3.39. The first-order valence-corrected chi connectivity index (χ1v) is 8.91. The van der Waals surface area contributed by atoms with E-state index in [1.807, 2.05) is 13.0 Å². The molecule has 0 spiro atoms. The summed E-state index contributed by atoms with van der Waals surface area (Å²) in [6.07, 6.45) is 2.45. The van der Waals surface area contributed by atoms with Crippen LogP contribution in [0.25, 0.3) is 0 Å². The second-order valence-corrected chi connectivity index (χ2v) is 8.51. The molecule has 1 aliphatic rings. The molecular formula is C13H19NO4S2. The lowest BCUT2D eigenvalue weighted by atomic mass is 9.86. The minimum Gasteiger partial charge on any atom is -0.481 e. The monoisotopic (exact) mass is 317 g/mol. The quantitative estimate of drug-likeness (QED) is 0.892. The van der Waals surface area contributed by atoms with Crippen molar-refractivity contribution in [2.24, 2.45) is 5.92 Å². The largest absolute Gasteiger partial charge is 0.481 e. The van der Waals surface area contributed by atoms with E-state index in [9.17, 15) is 13.2 Å². The lowest BCUT2D eigenvalue weighted by Gasteiger charge is -2.27. The average Bonchev–Trinajstić information content (AvgIpc) is 2.69. The summed E-state index contributed by atoms with van der Waals surface area (Å²) in [5.74, 6) is -1.28. The van der Waals surface area contributed by atoms with Crippen molar-refractivity contribution in [3.8, 4) is 0 Å². The van der Waals surface area contributed by atoms with Gasteiger partial charge in [0.25, 0.3) is 10.0 Å². The summed E-state index contributed by atoms with van der Waals surface area (Å²) < 4.78 is 27.7. The smallest absolute Gasteiger partial charge is 0.306 e. The van der Waals surface area contributed by atoms with Crippen LogP contribution in [0.2, 0.25) is 0 Å². The van der Waals surface area contributed by atoms with Crippen molar-refractivity contribution in [3.63, 3.8) is 0 Å². The Morgan fingerprint density at radius 3 is 2.65 bits per heavy atom. The second kappa shape index (κ2) is 5.83. The van der Waals surface area contributed by atoms with Crippen molar-refractivity contribution in [2.75, 3.05) is 0 Å². The second-order valence-electron chi connectivity index (χ2n) is 5.35. The molecule has 0 radical (unpaired) electrons. The normalized spacial score (nSPS) is 23.7. The van der Waals surface area contributed by atoms with Gasteiger partial charge in [-0.3, -0.25) is 4.79 Å². The number of hydrogen-bond donors (Lipinski definition) is 2. The van der Waals surface area contributed by atoms with E-state index in [0.717, 1.165) is 16.9 Å². The summed E-state index contributed by atoms with van der Waals surface area (Å²) in [6.45, 7) is 3.65. The molecule has 0 aromatic carbocycles. The van der Waals surface area contributed by atoms with Gasteiger partial charge in [-0.25, -0.2) is 13.1 Å². The van der Waals surface area contributed by atoms with Crippen LogP contribution in [0.5, 0.6) is 0 Å². The fraction of sp³-hybridized carbons (Fsp3) is 0.615. The summed E-state index contributed by atoms with van der Waals surface area (Å²) in [7, 11) is -3.54. The number of sulfonamides is 1. The number of aliphatic carboxylic acids is 1. The molecule has 2 atom stereocenters. The summed E-state index contributed by atoms with van der Waals surface area (Å²) >= 11 is 1.25. The van der Waals surface area contributed by atoms with E-state index in [-0.39, 0.29) is 6.04 Å². The highest BCUT2D eigenvalue weighted by Crippen LogP contribution is 2.29. The van der Waals surface area contributed by atoms with E-state index < -0.39 is 21.9 Å². The molecule has 0 bridgehead atoms. The van der Waals surface area contributed by atoms with Crippen LogP contribution in [0, 0.1) is 19.8 Å². The fourth-order valence-corrected chi connectivity index (χ4v) is 5.65. The Bertz CT molecular complexity index is 606. The fourth-order valence-electron chi connectivity index (χ4n) is 2.68. The van der Waals surface area contributed by atoms with E-state index in [2.05, 4.69) is 4.72 Å². The van der Waals surface area contributed by atoms with Crippen LogP contribution in [0.1, 0.15) is 36.1 Å². The molecule has 2 N–H and O–H groups in total. The van der Waals surface area contributed by atoms with E-state index in [4.69, 9.17) is 5.11 Å². The van der Waals surface area contributed by atoms with Gasteiger partial charge in [0.05, 0.1) is 5.92 Å². The van der Waals surface area contributed by atoms with Gasteiger partial charge in [-0.05, 0) is 44.7 Å². The molecule has 1 heterocycles. The van der Waals surface area contributed by atoms with Crippen LogP contribution in [0.4, 0.5) is 0 Å². The van der Waals surface area contributed by atoms with Gasteiger partial charge in [-0.1, -0.05) is 6.42 Å². The number of carbonyl (C=O) groups is 1. The molecule has 0 saturated heterocycles. The Balaban J connectivity index is 2.12. The number of carboxylic acid groups (broad SMARTS) is 1. The Hall–Kier alpha value is -0.920. The van der Waals surface area contributed by atoms with Crippen molar-refractivity contribution in [1.29, 1.82) is 0 Å². The third-order valence-electron chi connectivity index (χ3n) is 3.58. The van der Waals surface area contributed by atoms with Gasteiger partial charge in [0.15, 0.2) is 0 Å². The Morgan fingerprint density at radius 2 is 2.10 bits per heavy atom. The van der Waals surface area contributed by atoms with Crippen molar-refractivity contribution in [1.82, 2.24) is 4.72 Å². The summed E-state index contributed by atoms with van der Waals surface area (Å²) in [5, 5.41) is 9.04. The predicted molar refractivity (Wildman–Crippen MR) is 77.5 cm³/mol. The molecular weight excluding hydrogens is 298 g/mol. The molecule has 0 aliphatic heterocycles. The summed E-state index contributed by atoms with van der Waals surface area (Å²) in [6, 6.07) is 1.57. The average molecular weight is 317 g/mol. The molecule has 20 heavy (non-hydrogen) atoms. The van der Waals surface area contributed by atoms with Crippen molar-refractivity contribution >= 4 is 27.3 Å². The van der Waals surface area contributed by atoms with Crippen LogP contribution in [-0.2, 0) is 14.8 Å². The first-order chi connectivity index (χ1) is 9.29. The number of carboxylic acids is 1. The Kier molecular flexibility index (Phi) is 4.51. The lowest BCUT2D eigenvalue weighted by molar-refractivity contribution is -0.143. The minimum atomic E-state index is -3.54. The first-order valence-electron chi connectivity index (χ1n) is 6.62. The molecule has 1 saturated carbocycles.